The zero-order valence-electron chi connectivity index (χ0n) is 19.0. The van der Waals surface area contributed by atoms with Crippen LogP contribution in [0, 0.1) is 5.82 Å². The number of benzene rings is 2. The second-order valence-corrected chi connectivity index (χ2v) is 9.72. The van der Waals surface area contributed by atoms with E-state index in [1.54, 1.807) is 24.9 Å². The number of thioether (sulfide) groups is 1. The Morgan fingerprint density at radius 2 is 1.92 bits per heavy atom. The lowest BCUT2D eigenvalue weighted by atomic mass is 9.96. The molecule has 3 N–H and O–H groups in total. The number of halogens is 5. The van der Waals surface area contributed by atoms with Gasteiger partial charge in [0.1, 0.15) is 5.82 Å². The van der Waals surface area contributed by atoms with Gasteiger partial charge < -0.3 is 15.7 Å². The van der Waals surface area contributed by atoms with Crippen LogP contribution in [-0.4, -0.2) is 55.3 Å². The van der Waals surface area contributed by atoms with E-state index in [1.165, 1.54) is 10.9 Å². The molecule has 1 aromatic heterocycles. The van der Waals surface area contributed by atoms with E-state index < -0.39 is 24.0 Å². The van der Waals surface area contributed by atoms with Crippen LogP contribution in [0.1, 0.15) is 24.4 Å². The van der Waals surface area contributed by atoms with Gasteiger partial charge in [-0.2, -0.15) is 18.0 Å². The van der Waals surface area contributed by atoms with Crippen molar-refractivity contribution in [2.24, 2.45) is 7.05 Å². The molecule has 1 atom stereocenters. The summed E-state index contributed by atoms with van der Waals surface area (Å²) in [5.41, 5.74) is 2.40. The standard InChI is InChI=1S/C17H13ClFN5O2S.C5H6F3NO/c1-24-22-16(21-23-24)15-11(5-9(18)6-12(15)19)8-2-3-10-13(20-17(25)26)7-27-14(10)4-8;6-5(7,8)4(10)9-3-1-2-3/h2-6,13,20H,7H2,1H3,(H,25,26);3H,1-2H2,(H,9,10). The maximum absolute atomic E-state index is 14.7. The molecule has 0 bridgehead atoms. The van der Waals surface area contributed by atoms with Crippen molar-refractivity contribution in [1.82, 2.24) is 30.8 Å². The van der Waals surface area contributed by atoms with Crippen LogP contribution in [0.15, 0.2) is 35.2 Å². The van der Waals surface area contributed by atoms with Crippen molar-refractivity contribution in [2.45, 2.75) is 36.0 Å². The van der Waals surface area contributed by atoms with E-state index in [1.807, 2.05) is 23.5 Å². The summed E-state index contributed by atoms with van der Waals surface area (Å²) < 4.78 is 49.0. The number of rotatable bonds is 4. The molecular formula is C22H19ClF4N6O3S. The molecule has 2 heterocycles. The molecule has 15 heteroatoms. The molecule has 2 aromatic carbocycles. The minimum atomic E-state index is -4.72. The Bertz CT molecular complexity index is 1350. The first-order valence-electron chi connectivity index (χ1n) is 10.8. The first kappa shape index (κ1) is 26.7. The van der Waals surface area contributed by atoms with E-state index in [0.29, 0.717) is 24.2 Å². The van der Waals surface area contributed by atoms with Gasteiger partial charge in [-0.25, -0.2) is 9.18 Å². The van der Waals surface area contributed by atoms with Crippen molar-refractivity contribution >= 4 is 35.4 Å². The zero-order chi connectivity index (χ0) is 26.9. The Hall–Kier alpha value is -3.39. The van der Waals surface area contributed by atoms with Gasteiger partial charge in [0.05, 0.1) is 18.7 Å². The number of carbonyl (C=O) groups excluding carboxylic acids is 1. The van der Waals surface area contributed by atoms with Crippen molar-refractivity contribution in [3.8, 4) is 22.5 Å². The molecule has 1 unspecified atom stereocenters. The summed E-state index contributed by atoms with van der Waals surface area (Å²) in [6.45, 7) is 0. The number of fused-ring (bicyclic) bond motifs is 1. The molecule has 196 valence electrons. The van der Waals surface area contributed by atoms with E-state index in [4.69, 9.17) is 16.7 Å². The summed E-state index contributed by atoms with van der Waals surface area (Å²) in [6, 6.07) is 7.93. The molecule has 2 aliphatic rings. The van der Waals surface area contributed by atoms with Crippen LogP contribution in [-0.2, 0) is 11.8 Å². The SMILES string of the molecule is Cn1nnc(-c2c(F)cc(Cl)cc2-c2ccc3c(c2)SCC3NC(=O)O)n1.O=C(NC1CC1)C(F)(F)F. The average Bonchev–Trinajstić information content (AvgIpc) is 3.39. The summed E-state index contributed by atoms with van der Waals surface area (Å²) in [6.07, 6.45) is -4.45. The second kappa shape index (κ2) is 10.5. The lowest BCUT2D eigenvalue weighted by Gasteiger charge is -2.13. The van der Waals surface area contributed by atoms with Crippen LogP contribution in [0.3, 0.4) is 0 Å². The summed E-state index contributed by atoms with van der Waals surface area (Å²) in [5.74, 6) is -1.59. The van der Waals surface area contributed by atoms with Gasteiger partial charge in [-0.15, -0.1) is 22.0 Å². The average molecular weight is 559 g/mol. The number of hydrogen-bond acceptors (Lipinski definition) is 6. The largest absolute Gasteiger partial charge is 0.471 e. The van der Waals surface area contributed by atoms with Gasteiger partial charge >= 0.3 is 18.2 Å². The highest BCUT2D eigenvalue weighted by Crippen LogP contribution is 2.42. The minimum Gasteiger partial charge on any atom is -0.465 e. The number of tetrazole rings is 1. The Labute approximate surface area is 216 Å². The molecular weight excluding hydrogens is 540 g/mol. The van der Waals surface area contributed by atoms with E-state index >= 15 is 0 Å². The molecule has 37 heavy (non-hydrogen) atoms. The number of amides is 2. The Balaban J connectivity index is 0.000000270. The van der Waals surface area contributed by atoms with Crippen molar-refractivity contribution in [1.29, 1.82) is 0 Å². The molecule has 5 rings (SSSR count). The lowest BCUT2D eigenvalue weighted by Crippen LogP contribution is -2.37. The molecule has 1 fully saturated rings. The van der Waals surface area contributed by atoms with Crippen molar-refractivity contribution in [3.63, 3.8) is 0 Å². The third kappa shape index (κ3) is 6.49. The third-order valence-electron chi connectivity index (χ3n) is 5.36. The molecule has 1 aliphatic heterocycles. The molecule has 0 radical (unpaired) electrons. The second-order valence-electron chi connectivity index (χ2n) is 8.22. The number of alkyl halides is 3. The fraction of sp³-hybridized carbons (Fsp3) is 0.318. The molecule has 9 nitrogen and oxygen atoms in total. The van der Waals surface area contributed by atoms with Gasteiger partial charge in [0, 0.05) is 21.7 Å². The fourth-order valence-corrected chi connectivity index (χ4v) is 4.96. The molecule has 3 aromatic rings. The summed E-state index contributed by atoms with van der Waals surface area (Å²) in [4.78, 5) is 23.2. The van der Waals surface area contributed by atoms with Gasteiger partial charge in [0.2, 0.25) is 5.82 Å². The first-order valence-corrected chi connectivity index (χ1v) is 12.2. The van der Waals surface area contributed by atoms with Crippen LogP contribution in [0.25, 0.3) is 22.5 Å². The van der Waals surface area contributed by atoms with Gasteiger partial charge in [-0.3, -0.25) is 4.79 Å². The highest BCUT2D eigenvalue weighted by Gasteiger charge is 2.41. The van der Waals surface area contributed by atoms with E-state index in [-0.39, 0.29) is 28.5 Å². The van der Waals surface area contributed by atoms with Crippen molar-refractivity contribution in [3.05, 3.63) is 46.7 Å². The Morgan fingerprint density at radius 3 is 2.51 bits per heavy atom. The van der Waals surface area contributed by atoms with Crippen molar-refractivity contribution < 1.29 is 32.3 Å². The van der Waals surface area contributed by atoms with E-state index in [0.717, 1.165) is 16.0 Å². The van der Waals surface area contributed by atoms with E-state index in [9.17, 15) is 27.2 Å². The number of nitrogens with one attached hydrogen (secondary N) is 2. The van der Waals surface area contributed by atoms with Gasteiger partial charge in [-0.05, 0) is 52.9 Å². The molecule has 2 amide bonds. The van der Waals surface area contributed by atoms with Gasteiger partial charge in [0.15, 0.2) is 0 Å². The Morgan fingerprint density at radius 1 is 1.19 bits per heavy atom. The van der Waals surface area contributed by atoms with Crippen LogP contribution < -0.4 is 10.6 Å². The smallest absolute Gasteiger partial charge is 0.465 e. The highest BCUT2D eigenvalue weighted by atomic mass is 35.5. The van der Waals surface area contributed by atoms with Crippen LogP contribution in [0.4, 0.5) is 22.4 Å². The van der Waals surface area contributed by atoms with Gasteiger partial charge in [0.25, 0.3) is 0 Å². The molecule has 0 spiro atoms. The van der Waals surface area contributed by atoms with Gasteiger partial charge in [-0.1, -0.05) is 23.7 Å². The zero-order valence-corrected chi connectivity index (χ0v) is 20.6. The maximum atomic E-state index is 14.7. The summed E-state index contributed by atoms with van der Waals surface area (Å²) in [5, 5.41) is 25.3. The number of carboxylic acid groups (broad SMARTS) is 1. The van der Waals surface area contributed by atoms with Crippen LogP contribution in [0.5, 0.6) is 0 Å². The minimum absolute atomic E-state index is 0.167. The number of aromatic nitrogens is 4. The monoisotopic (exact) mass is 558 g/mol. The first-order chi connectivity index (χ1) is 17.4. The molecule has 1 aliphatic carbocycles. The summed E-state index contributed by atoms with van der Waals surface area (Å²) >= 11 is 7.62. The topological polar surface area (TPSA) is 122 Å². The molecule has 1 saturated carbocycles. The normalized spacial score (nSPS) is 16.4. The predicted octanol–water partition coefficient (Wildman–Crippen LogP) is 4.58. The highest BCUT2D eigenvalue weighted by molar-refractivity contribution is 7.99. The predicted molar refractivity (Wildman–Crippen MR) is 126 cm³/mol. The number of nitrogens with zero attached hydrogens (tertiary/aromatic N) is 4. The quantitative estimate of drug-likeness (QED) is 0.401. The fourth-order valence-electron chi connectivity index (χ4n) is 3.55. The van der Waals surface area contributed by atoms with Crippen molar-refractivity contribution in [2.75, 3.05) is 5.75 Å². The van der Waals surface area contributed by atoms with Crippen LogP contribution in [0.2, 0.25) is 5.02 Å². The lowest BCUT2D eigenvalue weighted by molar-refractivity contribution is -0.173. The number of aryl methyl sites for hydroxylation is 1. The number of carbonyl (C=O) groups is 2. The summed E-state index contributed by atoms with van der Waals surface area (Å²) in [7, 11) is 1.60. The van der Waals surface area contributed by atoms with E-state index in [2.05, 4.69) is 20.7 Å². The third-order valence-corrected chi connectivity index (χ3v) is 6.74. The maximum Gasteiger partial charge on any atom is 0.471 e. The van der Waals surface area contributed by atoms with Crippen LogP contribution >= 0.6 is 23.4 Å². The molecule has 0 saturated heterocycles. The Kier molecular flexibility index (Phi) is 7.59. The number of hydrogen-bond donors (Lipinski definition) is 3.